The van der Waals surface area contributed by atoms with Crippen LogP contribution in [0.15, 0.2) is 0 Å². The van der Waals surface area contributed by atoms with E-state index in [9.17, 15) is 8.42 Å². The van der Waals surface area contributed by atoms with Gasteiger partial charge in [0.2, 0.25) is 0 Å². The second-order valence-electron chi connectivity index (χ2n) is 7.41. The molecule has 1 aliphatic heterocycles. The van der Waals surface area contributed by atoms with Crippen molar-refractivity contribution in [3.63, 3.8) is 0 Å². The Balaban J connectivity index is 1.73. The van der Waals surface area contributed by atoms with E-state index in [1.54, 1.807) is 4.31 Å². The maximum absolute atomic E-state index is 12.2. The van der Waals surface area contributed by atoms with Gasteiger partial charge in [-0.1, -0.05) is 20.8 Å². The molecule has 5 nitrogen and oxygen atoms in total. The highest BCUT2D eigenvalue weighted by atomic mass is 32.2. The molecule has 6 heteroatoms. The van der Waals surface area contributed by atoms with Crippen molar-refractivity contribution >= 4 is 10.2 Å². The van der Waals surface area contributed by atoms with Crippen molar-refractivity contribution in [2.75, 3.05) is 26.2 Å². The van der Waals surface area contributed by atoms with Crippen molar-refractivity contribution in [1.29, 1.82) is 0 Å². The highest BCUT2D eigenvalue weighted by Gasteiger charge is 2.29. The first-order valence-corrected chi connectivity index (χ1v) is 9.18. The molecule has 0 aromatic carbocycles. The van der Waals surface area contributed by atoms with Crippen LogP contribution in [0.1, 0.15) is 46.5 Å². The predicted molar refractivity (Wildman–Crippen MR) is 81.7 cm³/mol. The second kappa shape index (κ2) is 6.30. The molecule has 1 heterocycles. The molecule has 0 amide bonds. The van der Waals surface area contributed by atoms with E-state index >= 15 is 0 Å². The first-order chi connectivity index (χ1) is 9.26. The summed E-state index contributed by atoms with van der Waals surface area (Å²) >= 11 is 0. The fourth-order valence-electron chi connectivity index (χ4n) is 2.37. The highest BCUT2D eigenvalue weighted by molar-refractivity contribution is 7.87. The minimum Gasteiger partial charge on any atom is -0.314 e. The van der Waals surface area contributed by atoms with Gasteiger partial charge in [0.1, 0.15) is 0 Å². The molecule has 2 aliphatic rings. The van der Waals surface area contributed by atoms with Gasteiger partial charge in [0.05, 0.1) is 0 Å². The predicted octanol–water partition coefficient (Wildman–Crippen LogP) is 1.33. The third-order valence-electron chi connectivity index (χ3n) is 3.97. The van der Waals surface area contributed by atoms with Crippen LogP contribution in [0.2, 0.25) is 0 Å². The standard InChI is InChI=1S/C14H29N3O2S/c1-14(2,3)11-16-20(18,19)17-8-6-12(7-9-17)10-15-13-4-5-13/h12-13,15-16H,4-11H2,1-3H3. The Labute approximate surface area is 123 Å². The monoisotopic (exact) mass is 303 g/mol. The first-order valence-electron chi connectivity index (χ1n) is 7.74. The van der Waals surface area contributed by atoms with Crippen LogP contribution in [-0.4, -0.2) is 44.9 Å². The molecule has 1 saturated heterocycles. The SMILES string of the molecule is CC(C)(C)CNS(=O)(=O)N1CCC(CNC2CC2)CC1. The van der Waals surface area contributed by atoms with Gasteiger partial charge in [-0.15, -0.1) is 0 Å². The van der Waals surface area contributed by atoms with Crippen LogP contribution in [0.25, 0.3) is 0 Å². The van der Waals surface area contributed by atoms with Crippen molar-refractivity contribution in [2.24, 2.45) is 11.3 Å². The van der Waals surface area contributed by atoms with Gasteiger partial charge in [0.25, 0.3) is 10.2 Å². The summed E-state index contributed by atoms with van der Waals surface area (Å²) in [5, 5.41) is 3.54. The van der Waals surface area contributed by atoms with Crippen LogP contribution in [0.3, 0.4) is 0 Å². The molecule has 0 spiro atoms. The van der Waals surface area contributed by atoms with Crippen LogP contribution < -0.4 is 10.0 Å². The average molecular weight is 303 g/mol. The number of hydrogen-bond acceptors (Lipinski definition) is 3. The molecule has 2 N–H and O–H groups in total. The Morgan fingerprint density at radius 2 is 1.70 bits per heavy atom. The summed E-state index contributed by atoms with van der Waals surface area (Å²) in [7, 11) is -3.30. The van der Waals surface area contributed by atoms with Crippen LogP contribution in [0.4, 0.5) is 0 Å². The molecule has 0 aromatic rings. The van der Waals surface area contributed by atoms with E-state index in [0.29, 0.717) is 25.6 Å². The Bertz CT molecular complexity index is 405. The number of nitrogens with zero attached hydrogens (tertiary/aromatic N) is 1. The van der Waals surface area contributed by atoms with Gasteiger partial charge in [-0.25, -0.2) is 4.72 Å². The molecular weight excluding hydrogens is 274 g/mol. The van der Waals surface area contributed by atoms with Crippen molar-refractivity contribution < 1.29 is 8.42 Å². The molecule has 118 valence electrons. The van der Waals surface area contributed by atoms with Crippen LogP contribution in [-0.2, 0) is 10.2 Å². The number of hydrogen-bond donors (Lipinski definition) is 2. The lowest BCUT2D eigenvalue weighted by molar-refractivity contribution is 0.262. The van der Waals surface area contributed by atoms with Crippen molar-refractivity contribution in [3.05, 3.63) is 0 Å². The summed E-state index contributed by atoms with van der Waals surface area (Å²) in [6, 6.07) is 0.741. The Morgan fingerprint density at radius 1 is 1.10 bits per heavy atom. The number of piperidine rings is 1. The van der Waals surface area contributed by atoms with Crippen LogP contribution in [0, 0.1) is 11.3 Å². The van der Waals surface area contributed by atoms with E-state index in [2.05, 4.69) is 10.0 Å². The maximum Gasteiger partial charge on any atom is 0.279 e. The van der Waals surface area contributed by atoms with Crippen LogP contribution >= 0.6 is 0 Å². The van der Waals surface area contributed by atoms with E-state index in [1.165, 1.54) is 12.8 Å². The average Bonchev–Trinajstić information content (AvgIpc) is 3.18. The molecule has 0 aromatic heterocycles. The van der Waals surface area contributed by atoms with E-state index in [0.717, 1.165) is 25.4 Å². The fourth-order valence-corrected chi connectivity index (χ4v) is 3.86. The summed E-state index contributed by atoms with van der Waals surface area (Å²) in [4.78, 5) is 0. The molecule has 2 fully saturated rings. The van der Waals surface area contributed by atoms with Crippen molar-refractivity contribution in [1.82, 2.24) is 14.3 Å². The van der Waals surface area contributed by atoms with Gasteiger partial charge >= 0.3 is 0 Å². The summed E-state index contributed by atoms with van der Waals surface area (Å²) in [6.45, 7) is 8.93. The molecule has 0 radical (unpaired) electrons. The lowest BCUT2D eigenvalue weighted by atomic mass is 9.98. The van der Waals surface area contributed by atoms with E-state index in [-0.39, 0.29) is 5.41 Å². The second-order valence-corrected chi connectivity index (χ2v) is 9.17. The van der Waals surface area contributed by atoms with E-state index in [1.807, 2.05) is 20.8 Å². The lowest BCUT2D eigenvalue weighted by Gasteiger charge is -2.32. The Morgan fingerprint density at radius 3 is 2.20 bits per heavy atom. The quantitative estimate of drug-likeness (QED) is 0.778. The normalized spacial score (nSPS) is 23.1. The smallest absolute Gasteiger partial charge is 0.279 e. The summed E-state index contributed by atoms with van der Waals surface area (Å²) in [6.07, 6.45) is 4.56. The maximum atomic E-state index is 12.2. The minimum absolute atomic E-state index is 0.0282. The highest BCUT2D eigenvalue weighted by Crippen LogP contribution is 2.22. The van der Waals surface area contributed by atoms with E-state index < -0.39 is 10.2 Å². The van der Waals surface area contributed by atoms with Crippen molar-refractivity contribution in [2.45, 2.75) is 52.5 Å². The largest absolute Gasteiger partial charge is 0.314 e. The Hall–Kier alpha value is -0.170. The van der Waals surface area contributed by atoms with Gasteiger partial charge in [-0.2, -0.15) is 12.7 Å². The zero-order chi connectivity index (χ0) is 14.8. The molecular formula is C14H29N3O2S. The first kappa shape index (κ1) is 16.2. The third-order valence-corrected chi connectivity index (χ3v) is 5.52. The molecule has 20 heavy (non-hydrogen) atoms. The molecule has 1 saturated carbocycles. The zero-order valence-corrected chi connectivity index (χ0v) is 13.8. The van der Waals surface area contributed by atoms with Gasteiger partial charge in [0.15, 0.2) is 0 Å². The summed E-state index contributed by atoms with van der Waals surface area (Å²) in [5.41, 5.74) is -0.0282. The van der Waals surface area contributed by atoms with Crippen LogP contribution in [0.5, 0.6) is 0 Å². The summed E-state index contributed by atoms with van der Waals surface area (Å²) < 4.78 is 28.8. The summed E-state index contributed by atoms with van der Waals surface area (Å²) in [5.74, 6) is 0.629. The van der Waals surface area contributed by atoms with Gasteiger partial charge in [0, 0.05) is 25.7 Å². The minimum atomic E-state index is -3.30. The van der Waals surface area contributed by atoms with E-state index in [4.69, 9.17) is 0 Å². The van der Waals surface area contributed by atoms with Gasteiger partial charge in [-0.05, 0) is 43.6 Å². The van der Waals surface area contributed by atoms with Gasteiger partial charge < -0.3 is 5.32 Å². The van der Waals surface area contributed by atoms with Gasteiger partial charge in [-0.3, -0.25) is 0 Å². The lowest BCUT2D eigenvalue weighted by Crippen LogP contribution is -2.47. The zero-order valence-electron chi connectivity index (χ0n) is 13.0. The topological polar surface area (TPSA) is 61.4 Å². The Kier molecular flexibility index (Phi) is 5.10. The van der Waals surface area contributed by atoms with Crippen molar-refractivity contribution in [3.8, 4) is 0 Å². The number of rotatable bonds is 6. The molecule has 0 atom stereocenters. The molecule has 0 bridgehead atoms. The molecule has 1 aliphatic carbocycles. The fraction of sp³-hybridized carbons (Fsp3) is 1.00. The molecule has 0 unspecified atom stereocenters. The molecule has 2 rings (SSSR count). The third kappa shape index (κ3) is 5.31. The number of nitrogens with one attached hydrogen (secondary N) is 2.